The van der Waals surface area contributed by atoms with Gasteiger partial charge in [-0.1, -0.05) is 6.07 Å². The van der Waals surface area contributed by atoms with Gasteiger partial charge < -0.3 is 19.7 Å². The van der Waals surface area contributed by atoms with Crippen molar-refractivity contribution in [1.29, 1.82) is 5.26 Å². The highest BCUT2D eigenvalue weighted by Crippen LogP contribution is 2.29. The predicted octanol–water partition coefficient (Wildman–Crippen LogP) is 3.07. The molecule has 0 saturated carbocycles. The summed E-state index contributed by atoms with van der Waals surface area (Å²) in [6.07, 6.45) is 1.17. The van der Waals surface area contributed by atoms with Crippen LogP contribution in [0.4, 0.5) is 5.69 Å². The smallest absolute Gasteiger partial charge is 0.253 e. The van der Waals surface area contributed by atoms with Crippen LogP contribution in [-0.4, -0.2) is 44.0 Å². The Bertz CT molecular complexity index is 943. The summed E-state index contributed by atoms with van der Waals surface area (Å²) in [5, 5.41) is 11.8. The molecule has 1 aliphatic rings. The van der Waals surface area contributed by atoms with Crippen molar-refractivity contribution in [2.24, 2.45) is 5.92 Å². The molecule has 2 aromatic carbocycles. The Morgan fingerprint density at radius 2 is 1.79 bits per heavy atom. The summed E-state index contributed by atoms with van der Waals surface area (Å²) < 4.78 is 10.5. The summed E-state index contributed by atoms with van der Waals surface area (Å²) in [5.41, 5.74) is 1.63. The van der Waals surface area contributed by atoms with Gasteiger partial charge in [0.1, 0.15) is 0 Å². The van der Waals surface area contributed by atoms with Gasteiger partial charge in [-0.3, -0.25) is 9.59 Å². The highest BCUT2D eigenvalue weighted by molar-refractivity contribution is 5.96. The average Bonchev–Trinajstić information content (AvgIpc) is 2.78. The monoisotopic (exact) mass is 393 g/mol. The predicted molar refractivity (Wildman–Crippen MR) is 108 cm³/mol. The number of hydrogen-bond acceptors (Lipinski definition) is 5. The van der Waals surface area contributed by atoms with Crippen molar-refractivity contribution >= 4 is 17.5 Å². The number of benzene rings is 2. The molecule has 1 saturated heterocycles. The largest absolute Gasteiger partial charge is 0.493 e. The molecule has 7 heteroatoms. The van der Waals surface area contributed by atoms with Gasteiger partial charge in [0.2, 0.25) is 5.91 Å². The lowest BCUT2D eigenvalue weighted by atomic mass is 9.95. The summed E-state index contributed by atoms with van der Waals surface area (Å²) in [5.74, 6) is 0.729. The van der Waals surface area contributed by atoms with E-state index in [2.05, 4.69) is 11.4 Å². The third-order valence-corrected chi connectivity index (χ3v) is 5.04. The lowest BCUT2D eigenvalue weighted by molar-refractivity contribution is -0.121. The first-order valence-corrected chi connectivity index (χ1v) is 9.38. The Morgan fingerprint density at radius 1 is 1.07 bits per heavy atom. The molecule has 2 aromatic rings. The Balaban J connectivity index is 1.59. The van der Waals surface area contributed by atoms with Gasteiger partial charge >= 0.3 is 0 Å². The minimum atomic E-state index is -0.171. The van der Waals surface area contributed by atoms with Crippen molar-refractivity contribution in [3.05, 3.63) is 53.6 Å². The van der Waals surface area contributed by atoms with Gasteiger partial charge in [-0.2, -0.15) is 5.26 Å². The number of carbonyl (C=O) groups excluding carboxylic acids is 2. The molecule has 0 aliphatic carbocycles. The first kappa shape index (κ1) is 20.2. The van der Waals surface area contributed by atoms with Crippen LogP contribution in [-0.2, 0) is 4.79 Å². The molecular formula is C22H23N3O4. The number of piperidine rings is 1. The standard InChI is InChI=1S/C22H23N3O4/c1-28-19-7-6-17(13-20(19)29-2)22(27)25-10-8-16(9-11-25)21(26)24-18-5-3-4-15(12-18)14-23/h3-7,12-13,16H,8-11H2,1-2H3,(H,24,26). The van der Waals surface area contributed by atoms with E-state index in [1.165, 1.54) is 7.11 Å². The van der Waals surface area contributed by atoms with Gasteiger partial charge in [-0.25, -0.2) is 0 Å². The molecule has 0 radical (unpaired) electrons. The normalized spacial score (nSPS) is 14.0. The van der Waals surface area contributed by atoms with Crippen LogP contribution in [0.2, 0.25) is 0 Å². The Kier molecular flexibility index (Phi) is 6.35. The summed E-state index contributed by atoms with van der Waals surface area (Å²) in [4.78, 5) is 27.1. The topological polar surface area (TPSA) is 91.7 Å². The second-order valence-electron chi connectivity index (χ2n) is 6.82. The molecule has 1 heterocycles. The molecule has 150 valence electrons. The second-order valence-corrected chi connectivity index (χ2v) is 6.82. The molecule has 0 bridgehead atoms. The van der Waals surface area contributed by atoms with Crippen molar-refractivity contribution in [1.82, 2.24) is 4.90 Å². The van der Waals surface area contributed by atoms with Gasteiger partial charge in [0.05, 0.1) is 25.9 Å². The van der Waals surface area contributed by atoms with Crippen LogP contribution in [0.25, 0.3) is 0 Å². The van der Waals surface area contributed by atoms with Crippen LogP contribution in [0.5, 0.6) is 11.5 Å². The SMILES string of the molecule is COc1ccc(C(=O)N2CCC(C(=O)Nc3cccc(C#N)c3)CC2)cc1OC. The molecule has 1 fully saturated rings. The molecule has 0 spiro atoms. The number of anilines is 1. The number of rotatable bonds is 5. The van der Waals surface area contributed by atoms with E-state index in [4.69, 9.17) is 14.7 Å². The molecule has 1 aliphatic heterocycles. The molecule has 2 amide bonds. The number of ether oxygens (including phenoxy) is 2. The van der Waals surface area contributed by atoms with E-state index in [1.54, 1.807) is 54.5 Å². The zero-order valence-corrected chi connectivity index (χ0v) is 16.5. The fourth-order valence-electron chi connectivity index (χ4n) is 3.41. The number of nitrogens with zero attached hydrogens (tertiary/aromatic N) is 2. The maximum atomic E-state index is 12.8. The summed E-state index contributed by atoms with van der Waals surface area (Å²) in [6, 6.07) is 14.0. The maximum Gasteiger partial charge on any atom is 0.253 e. The van der Waals surface area contributed by atoms with Gasteiger partial charge in [0, 0.05) is 30.3 Å². The van der Waals surface area contributed by atoms with E-state index in [9.17, 15) is 9.59 Å². The van der Waals surface area contributed by atoms with E-state index in [-0.39, 0.29) is 17.7 Å². The Hall–Kier alpha value is -3.53. The van der Waals surface area contributed by atoms with Crippen molar-refractivity contribution in [3.63, 3.8) is 0 Å². The first-order chi connectivity index (χ1) is 14.0. The van der Waals surface area contributed by atoms with Gasteiger partial charge in [-0.15, -0.1) is 0 Å². The second kappa shape index (κ2) is 9.11. The summed E-state index contributed by atoms with van der Waals surface area (Å²) >= 11 is 0. The van der Waals surface area contributed by atoms with Gasteiger partial charge in [-0.05, 0) is 49.2 Å². The molecule has 0 atom stereocenters. The van der Waals surface area contributed by atoms with Crippen LogP contribution >= 0.6 is 0 Å². The quantitative estimate of drug-likeness (QED) is 0.843. The van der Waals surface area contributed by atoms with E-state index in [0.29, 0.717) is 54.2 Å². The van der Waals surface area contributed by atoms with E-state index in [1.807, 2.05) is 0 Å². The van der Waals surface area contributed by atoms with Crippen molar-refractivity contribution < 1.29 is 19.1 Å². The lowest BCUT2D eigenvalue weighted by Crippen LogP contribution is -2.41. The fourth-order valence-corrected chi connectivity index (χ4v) is 3.41. The molecule has 0 aromatic heterocycles. The number of nitriles is 1. The van der Waals surface area contributed by atoms with Crippen LogP contribution in [0.3, 0.4) is 0 Å². The number of hydrogen-bond donors (Lipinski definition) is 1. The third kappa shape index (κ3) is 4.66. The number of methoxy groups -OCH3 is 2. The molecule has 7 nitrogen and oxygen atoms in total. The zero-order valence-electron chi connectivity index (χ0n) is 16.5. The minimum absolute atomic E-state index is 0.0849. The van der Waals surface area contributed by atoms with Crippen LogP contribution in [0.15, 0.2) is 42.5 Å². The molecular weight excluding hydrogens is 370 g/mol. The van der Waals surface area contributed by atoms with Crippen LogP contribution < -0.4 is 14.8 Å². The number of amides is 2. The zero-order chi connectivity index (χ0) is 20.8. The fraction of sp³-hybridized carbons (Fsp3) is 0.318. The molecule has 1 N–H and O–H groups in total. The number of nitrogens with one attached hydrogen (secondary N) is 1. The van der Waals surface area contributed by atoms with Gasteiger partial charge in [0.25, 0.3) is 5.91 Å². The maximum absolute atomic E-state index is 12.8. The van der Waals surface area contributed by atoms with Crippen LogP contribution in [0, 0.1) is 17.2 Å². The summed E-state index contributed by atoms with van der Waals surface area (Å²) in [7, 11) is 3.08. The Labute approximate surface area is 169 Å². The van der Waals surface area contributed by atoms with Crippen molar-refractivity contribution in [2.45, 2.75) is 12.8 Å². The average molecular weight is 393 g/mol. The number of likely N-dealkylation sites (tertiary alicyclic amines) is 1. The summed E-state index contributed by atoms with van der Waals surface area (Å²) in [6.45, 7) is 1.01. The van der Waals surface area contributed by atoms with Crippen LogP contribution in [0.1, 0.15) is 28.8 Å². The van der Waals surface area contributed by atoms with Crippen molar-refractivity contribution in [3.8, 4) is 17.6 Å². The number of carbonyl (C=O) groups is 2. The van der Waals surface area contributed by atoms with E-state index in [0.717, 1.165) is 0 Å². The Morgan fingerprint density at radius 3 is 2.45 bits per heavy atom. The van der Waals surface area contributed by atoms with E-state index >= 15 is 0 Å². The minimum Gasteiger partial charge on any atom is -0.493 e. The highest BCUT2D eigenvalue weighted by atomic mass is 16.5. The van der Waals surface area contributed by atoms with E-state index < -0.39 is 0 Å². The lowest BCUT2D eigenvalue weighted by Gasteiger charge is -2.31. The molecule has 0 unspecified atom stereocenters. The highest BCUT2D eigenvalue weighted by Gasteiger charge is 2.28. The molecule has 29 heavy (non-hydrogen) atoms. The first-order valence-electron chi connectivity index (χ1n) is 9.38. The third-order valence-electron chi connectivity index (χ3n) is 5.04. The van der Waals surface area contributed by atoms with Gasteiger partial charge in [0.15, 0.2) is 11.5 Å². The molecule has 3 rings (SSSR count). The van der Waals surface area contributed by atoms with Crippen molar-refractivity contribution in [2.75, 3.05) is 32.6 Å².